The summed E-state index contributed by atoms with van der Waals surface area (Å²) >= 11 is 0. The number of aromatic nitrogens is 1. The van der Waals surface area contributed by atoms with Gasteiger partial charge < -0.3 is 9.72 Å². The molecule has 0 saturated carbocycles. The number of hydrogen-bond acceptors (Lipinski definition) is 3. The highest BCUT2D eigenvalue weighted by Crippen LogP contribution is 2.28. The van der Waals surface area contributed by atoms with Crippen LogP contribution in [0.4, 0.5) is 0 Å². The van der Waals surface area contributed by atoms with Crippen LogP contribution >= 0.6 is 0 Å². The maximum atomic E-state index is 12.1. The summed E-state index contributed by atoms with van der Waals surface area (Å²) in [5.41, 5.74) is 7.76. The minimum Gasteiger partial charge on any atom is -0.483 e. The molecule has 0 bridgehead atoms. The molecule has 0 saturated heterocycles. The van der Waals surface area contributed by atoms with E-state index in [0.29, 0.717) is 11.7 Å². The smallest absolute Gasteiger partial charge is 0.276 e. The number of amides is 2. The molecule has 2 amide bonds. The number of nitrogens with one attached hydrogen (secondary N) is 3. The molecule has 1 aromatic heterocycles. The fourth-order valence-electron chi connectivity index (χ4n) is 3.05. The summed E-state index contributed by atoms with van der Waals surface area (Å²) in [5.74, 6) is 0.330. The van der Waals surface area contributed by atoms with Gasteiger partial charge in [-0.25, -0.2) is 0 Å². The zero-order valence-electron chi connectivity index (χ0n) is 16.1. The molecule has 28 heavy (non-hydrogen) atoms. The van der Waals surface area contributed by atoms with Crippen LogP contribution in [0.25, 0.3) is 10.9 Å². The monoisotopic (exact) mass is 379 g/mol. The van der Waals surface area contributed by atoms with Crippen LogP contribution in [0.5, 0.6) is 5.75 Å². The Bertz CT molecular complexity index is 964. The molecule has 0 aliphatic heterocycles. The molecule has 0 spiro atoms. The van der Waals surface area contributed by atoms with Gasteiger partial charge in [-0.05, 0) is 35.6 Å². The molecular formula is C22H25N3O3. The van der Waals surface area contributed by atoms with Crippen molar-refractivity contribution in [2.45, 2.75) is 32.6 Å². The number of carbonyl (C=O) groups is 2. The van der Waals surface area contributed by atoms with Crippen LogP contribution in [-0.2, 0) is 16.0 Å². The average molecular weight is 379 g/mol. The quantitative estimate of drug-likeness (QED) is 0.550. The predicted molar refractivity (Wildman–Crippen MR) is 109 cm³/mol. The second-order valence-electron chi connectivity index (χ2n) is 6.77. The molecule has 3 aromatic rings. The van der Waals surface area contributed by atoms with Gasteiger partial charge in [0, 0.05) is 17.1 Å². The van der Waals surface area contributed by atoms with Gasteiger partial charge in [0.25, 0.3) is 5.91 Å². The number of ether oxygens (including phenoxy) is 1. The van der Waals surface area contributed by atoms with Crippen LogP contribution in [0, 0.1) is 0 Å². The van der Waals surface area contributed by atoms with E-state index in [0.717, 1.165) is 28.5 Å². The number of fused-ring (bicyclic) bond motifs is 1. The van der Waals surface area contributed by atoms with Crippen molar-refractivity contribution in [3.63, 3.8) is 0 Å². The van der Waals surface area contributed by atoms with Crippen molar-refractivity contribution in [3.05, 3.63) is 65.9 Å². The van der Waals surface area contributed by atoms with Crippen molar-refractivity contribution in [2.24, 2.45) is 0 Å². The summed E-state index contributed by atoms with van der Waals surface area (Å²) in [6.07, 6.45) is 2.96. The van der Waals surface area contributed by atoms with E-state index in [4.69, 9.17) is 4.74 Å². The van der Waals surface area contributed by atoms with Crippen LogP contribution in [0.1, 0.15) is 37.3 Å². The van der Waals surface area contributed by atoms with Gasteiger partial charge in [0.2, 0.25) is 5.91 Å². The Morgan fingerprint density at radius 1 is 1.04 bits per heavy atom. The Kier molecular flexibility index (Phi) is 6.32. The lowest BCUT2D eigenvalue weighted by Crippen LogP contribution is -2.44. The molecule has 2 aromatic carbocycles. The van der Waals surface area contributed by atoms with E-state index in [-0.39, 0.29) is 18.9 Å². The van der Waals surface area contributed by atoms with E-state index in [1.54, 1.807) is 6.20 Å². The zero-order valence-corrected chi connectivity index (χ0v) is 16.1. The summed E-state index contributed by atoms with van der Waals surface area (Å²) in [5, 5.41) is 0.994. The average Bonchev–Trinajstić information content (AvgIpc) is 3.13. The van der Waals surface area contributed by atoms with Crippen LogP contribution in [0.3, 0.4) is 0 Å². The standard InChI is InChI=1S/C22H25N3O3/c1-3-15(2)17-8-5-7-11-20(17)28-14-22(27)25-24-21(26)12-16-13-23-19-10-6-4-9-18(16)19/h4-11,13,15,23H,3,12,14H2,1-2H3,(H,24,26)(H,25,27). The number of hydrogen-bond donors (Lipinski definition) is 3. The molecule has 6 nitrogen and oxygen atoms in total. The summed E-state index contributed by atoms with van der Waals surface area (Å²) in [6, 6.07) is 15.5. The van der Waals surface area contributed by atoms with E-state index in [1.165, 1.54) is 0 Å². The molecule has 0 fully saturated rings. The molecule has 1 atom stereocenters. The minimum atomic E-state index is -0.411. The van der Waals surface area contributed by atoms with E-state index >= 15 is 0 Å². The van der Waals surface area contributed by atoms with E-state index < -0.39 is 5.91 Å². The Morgan fingerprint density at radius 2 is 1.75 bits per heavy atom. The maximum Gasteiger partial charge on any atom is 0.276 e. The van der Waals surface area contributed by atoms with Gasteiger partial charge in [-0.3, -0.25) is 20.4 Å². The van der Waals surface area contributed by atoms with Gasteiger partial charge in [-0.15, -0.1) is 0 Å². The molecule has 6 heteroatoms. The summed E-state index contributed by atoms with van der Waals surface area (Å²) in [4.78, 5) is 27.3. The highest BCUT2D eigenvalue weighted by Gasteiger charge is 2.12. The lowest BCUT2D eigenvalue weighted by molar-refractivity contribution is -0.129. The molecule has 146 valence electrons. The van der Waals surface area contributed by atoms with Crippen molar-refractivity contribution >= 4 is 22.7 Å². The number of para-hydroxylation sites is 2. The number of carbonyl (C=O) groups excluding carboxylic acids is 2. The van der Waals surface area contributed by atoms with Gasteiger partial charge in [0.1, 0.15) is 5.75 Å². The molecule has 0 radical (unpaired) electrons. The van der Waals surface area contributed by atoms with Gasteiger partial charge in [0.15, 0.2) is 6.61 Å². The Labute approximate surface area is 164 Å². The number of H-pyrrole nitrogens is 1. The van der Waals surface area contributed by atoms with E-state index in [2.05, 4.69) is 29.7 Å². The van der Waals surface area contributed by atoms with Gasteiger partial charge in [0.05, 0.1) is 6.42 Å². The summed E-state index contributed by atoms with van der Waals surface area (Å²) in [7, 11) is 0. The maximum absolute atomic E-state index is 12.1. The molecule has 3 N–H and O–H groups in total. The van der Waals surface area contributed by atoms with Crippen molar-refractivity contribution < 1.29 is 14.3 Å². The fourth-order valence-corrected chi connectivity index (χ4v) is 3.05. The van der Waals surface area contributed by atoms with Crippen molar-refractivity contribution in [3.8, 4) is 5.75 Å². The van der Waals surface area contributed by atoms with Gasteiger partial charge in [-0.2, -0.15) is 0 Å². The van der Waals surface area contributed by atoms with E-state index in [9.17, 15) is 9.59 Å². The van der Waals surface area contributed by atoms with E-state index in [1.807, 2.05) is 48.5 Å². The molecule has 1 heterocycles. The number of hydrazine groups is 1. The largest absolute Gasteiger partial charge is 0.483 e. The van der Waals surface area contributed by atoms with Crippen LogP contribution in [-0.4, -0.2) is 23.4 Å². The first-order valence-electron chi connectivity index (χ1n) is 9.43. The highest BCUT2D eigenvalue weighted by molar-refractivity contribution is 5.89. The Hall–Kier alpha value is -3.28. The highest BCUT2D eigenvalue weighted by atomic mass is 16.5. The predicted octanol–water partition coefficient (Wildman–Crippen LogP) is 3.45. The third kappa shape index (κ3) is 4.71. The summed E-state index contributed by atoms with van der Waals surface area (Å²) < 4.78 is 5.65. The van der Waals surface area contributed by atoms with Crippen LogP contribution in [0.2, 0.25) is 0 Å². The fraction of sp³-hybridized carbons (Fsp3) is 0.273. The van der Waals surface area contributed by atoms with Crippen molar-refractivity contribution in [2.75, 3.05) is 6.61 Å². The third-order valence-corrected chi connectivity index (χ3v) is 4.79. The number of aromatic amines is 1. The molecule has 0 aliphatic rings. The Balaban J connectivity index is 1.49. The first-order valence-corrected chi connectivity index (χ1v) is 9.43. The first kappa shape index (κ1) is 19.5. The first-order chi connectivity index (χ1) is 13.6. The summed E-state index contributed by atoms with van der Waals surface area (Å²) in [6.45, 7) is 4.06. The van der Waals surface area contributed by atoms with Gasteiger partial charge >= 0.3 is 0 Å². The SMILES string of the molecule is CCC(C)c1ccccc1OCC(=O)NNC(=O)Cc1c[nH]c2ccccc12. The molecule has 0 aliphatic carbocycles. The van der Waals surface area contributed by atoms with Gasteiger partial charge in [-0.1, -0.05) is 50.2 Å². The van der Waals surface area contributed by atoms with Crippen molar-refractivity contribution in [1.82, 2.24) is 15.8 Å². The Morgan fingerprint density at radius 3 is 2.57 bits per heavy atom. The van der Waals surface area contributed by atoms with Crippen molar-refractivity contribution in [1.29, 1.82) is 0 Å². The normalized spacial score (nSPS) is 11.8. The second kappa shape index (κ2) is 9.08. The number of rotatable bonds is 7. The molecule has 1 unspecified atom stereocenters. The minimum absolute atomic E-state index is 0.166. The lowest BCUT2D eigenvalue weighted by Gasteiger charge is -2.15. The second-order valence-corrected chi connectivity index (χ2v) is 6.77. The van der Waals surface area contributed by atoms with Crippen LogP contribution in [0.15, 0.2) is 54.7 Å². The molecule has 3 rings (SSSR count). The molecular weight excluding hydrogens is 354 g/mol. The number of benzene rings is 2. The third-order valence-electron chi connectivity index (χ3n) is 4.79. The zero-order chi connectivity index (χ0) is 19.9. The lowest BCUT2D eigenvalue weighted by atomic mass is 9.98. The van der Waals surface area contributed by atoms with Crippen LogP contribution < -0.4 is 15.6 Å². The topological polar surface area (TPSA) is 83.2 Å².